The van der Waals surface area contributed by atoms with E-state index in [4.69, 9.17) is 10.5 Å². The Morgan fingerprint density at radius 2 is 2.00 bits per heavy atom. The molecule has 2 rings (SSSR count). The summed E-state index contributed by atoms with van der Waals surface area (Å²) >= 11 is 5.08. The van der Waals surface area contributed by atoms with Crippen LogP contribution in [0.15, 0.2) is 45.6 Å². The van der Waals surface area contributed by atoms with E-state index < -0.39 is 0 Å². The van der Waals surface area contributed by atoms with E-state index in [1.165, 1.54) is 0 Å². The Bertz CT molecular complexity index is 469. The van der Waals surface area contributed by atoms with E-state index in [-0.39, 0.29) is 12.1 Å². The molecule has 0 bridgehead atoms. The highest BCUT2D eigenvalue weighted by molar-refractivity contribution is 9.10. The number of hydrogen-bond donors (Lipinski definition) is 1. The molecular formula is C14H16BrNOS. The van der Waals surface area contributed by atoms with Crippen LogP contribution in [0.4, 0.5) is 0 Å². The van der Waals surface area contributed by atoms with Crippen LogP contribution >= 0.6 is 27.3 Å². The molecule has 18 heavy (non-hydrogen) atoms. The van der Waals surface area contributed by atoms with Gasteiger partial charge in [-0.1, -0.05) is 22.9 Å². The van der Waals surface area contributed by atoms with Gasteiger partial charge in [-0.25, -0.2) is 0 Å². The molecule has 96 valence electrons. The van der Waals surface area contributed by atoms with Gasteiger partial charge in [0.1, 0.15) is 11.9 Å². The van der Waals surface area contributed by atoms with Gasteiger partial charge in [0.25, 0.3) is 0 Å². The molecule has 0 radical (unpaired) electrons. The molecule has 2 N–H and O–H groups in total. The number of thiophene rings is 1. The molecule has 0 amide bonds. The third kappa shape index (κ3) is 3.34. The maximum absolute atomic E-state index is 6.16. The molecule has 0 aliphatic rings. The molecule has 1 aromatic heterocycles. The predicted molar refractivity (Wildman–Crippen MR) is 80.1 cm³/mol. The number of benzene rings is 1. The van der Waals surface area contributed by atoms with Crippen LogP contribution in [-0.2, 0) is 0 Å². The van der Waals surface area contributed by atoms with Crippen LogP contribution in [0.3, 0.4) is 0 Å². The van der Waals surface area contributed by atoms with Crippen LogP contribution in [0.2, 0.25) is 0 Å². The summed E-state index contributed by atoms with van der Waals surface area (Å²) in [4.78, 5) is 0. The SMILES string of the molecule is CCC(N)C(Oc1ccc(Br)cc1)c1ccsc1. The van der Waals surface area contributed by atoms with Crippen molar-refractivity contribution in [2.45, 2.75) is 25.5 Å². The van der Waals surface area contributed by atoms with Crippen molar-refractivity contribution in [3.63, 3.8) is 0 Å². The predicted octanol–water partition coefficient (Wildman–Crippen LogP) is 4.37. The van der Waals surface area contributed by atoms with E-state index in [2.05, 4.69) is 39.7 Å². The van der Waals surface area contributed by atoms with Crippen LogP contribution in [0.1, 0.15) is 25.0 Å². The van der Waals surface area contributed by atoms with Gasteiger partial charge >= 0.3 is 0 Å². The topological polar surface area (TPSA) is 35.2 Å². The molecule has 2 atom stereocenters. The Hall–Kier alpha value is -0.840. The Kier molecular flexibility index (Phi) is 4.80. The molecule has 0 spiro atoms. The van der Waals surface area contributed by atoms with Gasteiger partial charge < -0.3 is 10.5 Å². The summed E-state index contributed by atoms with van der Waals surface area (Å²) < 4.78 is 7.07. The van der Waals surface area contributed by atoms with E-state index in [1.54, 1.807) is 11.3 Å². The maximum Gasteiger partial charge on any atom is 0.140 e. The van der Waals surface area contributed by atoms with Gasteiger partial charge in [0.15, 0.2) is 0 Å². The van der Waals surface area contributed by atoms with Crippen molar-refractivity contribution in [1.82, 2.24) is 0 Å². The number of halogens is 1. The second-order valence-electron chi connectivity index (χ2n) is 4.12. The van der Waals surface area contributed by atoms with Gasteiger partial charge in [0.05, 0.1) is 0 Å². The third-order valence-electron chi connectivity index (χ3n) is 2.81. The number of rotatable bonds is 5. The van der Waals surface area contributed by atoms with Crippen molar-refractivity contribution < 1.29 is 4.74 Å². The van der Waals surface area contributed by atoms with Gasteiger partial charge in [-0.05, 0) is 47.5 Å². The van der Waals surface area contributed by atoms with Crippen molar-refractivity contribution in [2.24, 2.45) is 5.73 Å². The summed E-state index contributed by atoms with van der Waals surface area (Å²) in [6.07, 6.45) is 0.805. The zero-order valence-electron chi connectivity index (χ0n) is 10.2. The van der Waals surface area contributed by atoms with E-state index in [0.29, 0.717) is 0 Å². The number of ether oxygens (including phenoxy) is 1. The third-order valence-corrected chi connectivity index (χ3v) is 4.04. The Balaban J connectivity index is 2.17. The minimum Gasteiger partial charge on any atom is -0.484 e. The van der Waals surface area contributed by atoms with Crippen molar-refractivity contribution in [2.75, 3.05) is 0 Å². The second-order valence-corrected chi connectivity index (χ2v) is 5.82. The summed E-state index contributed by atoms with van der Waals surface area (Å²) in [5, 5.41) is 4.15. The first-order valence-corrected chi connectivity index (χ1v) is 7.64. The van der Waals surface area contributed by atoms with Crippen LogP contribution in [-0.4, -0.2) is 6.04 Å². The first kappa shape index (κ1) is 13.6. The zero-order valence-corrected chi connectivity index (χ0v) is 12.6. The van der Waals surface area contributed by atoms with Crippen molar-refractivity contribution in [3.8, 4) is 5.75 Å². The molecule has 1 heterocycles. The molecule has 0 aliphatic heterocycles. The highest BCUT2D eigenvalue weighted by atomic mass is 79.9. The molecule has 4 heteroatoms. The van der Waals surface area contributed by atoms with E-state index in [0.717, 1.165) is 22.2 Å². The summed E-state index contributed by atoms with van der Waals surface area (Å²) in [6, 6.07) is 9.92. The minimum absolute atomic E-state index is 0.00301. The quantitative estimate of drug-likeness (QED) is 0.885. The molecule has 0 aliphatic carbocycles. The van der Waals surface area contributed by atoms with E-state index in [1.807, 2.05) is 24.3 Å². The summed E-state index contributed by atoms with van der Waals surface area (Å²) in [5.41, 5.74) is 7.31. The molecule has 1 aromatic carbocycles. The normalized spacial score (nSPS) is 14.2. The second kappa shape index (κ2) is 6.36. The average molecular weight is 326 g/mol. The Morgan fingerprint density at radius 3 is 2.56 bits per heavy atom. The fourth-order valence-electron chi connectivity index (χ4n) is 1.71. The summed E-state index contributed by atoms with van der Waals surface area (Å²) in [6.45, 7) is 2.08. The van der Waals surface area contributed by atoms with E-state index >= 15 is 0 Å². The lowest BCUT2D eigenvalue weighted by molar-refractivity contribution is 0.171. The van der Waals surface area contributed by atoms with Crippen molar-refractivity contribution in [1.29, 1.82) is 0 Å². The molecule has 2 aromatic rings. The summed E-state index contributed by atoms with van der Waals surface area (Å²) in [5.74, 6) is 0.846. The van der Waals surface area contributed by atoms with Crippen LogP contribution in [0.5, 0.6) is 5.75 Å². The van der Waals surface area contributed by atoms with Gasteiger partial charge in [0, 0.05) is 16.1 Å². The van der Waals surface area contributed by atoms with Crippen LogP contribution < -0.4 is 10.5 Å². The van der Waals surface area contributed by atoms with Gasteiger partial charge in [-0.15, -0.1) is 0 Å². The minimum atomic E-state index is -0.0811. The lowest BCUT2D eigenvalue weighted by Crippen LogP contribution is -2.31. The molecule has 0 saturated heterocycles. The van der Waals surface area contributed by atoms with Crippen LogP contribution in [0, 0.1) is 0 Å². The monoisotopic (exact) mass is 325 g/mol. The lowest BCUT2D eigenvalue weighted by Gasteiger charge is -2.23. The Morgan fingerprint density at radius 1 is 1.28 bits per heavy atom. The number of nitrogens with two attached hydrogens (primary N) is 1. The summed E-state index contributed by atoms with van der Waals surface area (Å²) in [7, 11) is 0. The standard InChI is InChI=1S/C14H16BrNOS/c1-2-13(16)14(10-7-8-18-9-10)17-12-5-3-11(15)4-6-12/h3-9,13-14H,2,16H2,1H3. The van der Waals surface area contributed by atoms with Gasteiger partial charge in [0.2, 0.25) is 0 Å². The highest BCUT2D eigenvalue weighted by Gasteiger charge is 2.20. The molecule has 0 saturated carbocycles. The Labute approximate surface area is 120 Å². The van der Waals surface area contributed by atoms with Gasteiger partial charge in [-0.3, -0.25) is 0 Å². The molecule has 2 nitrogen and oxygen atoms in total. The highest BCUT2D eigenvalue weighted by Crippen LogP contribution is 2.27. The fraction of sp³-hybridized carbons (Fsp3) is 0.286. The lowest BCUT2D eigenvalue weighted by atomic mass is 10.0. The first-order chi connectivity index (χ1) is 8.70. The average Bonchev–Trinajstić information content (AvgIpc) is 2.91. The van der Waals surface area contributed by atoms with Gasteiger partial charge in [-0.2, -0.15) is 11.3 Å². The van der Waals surface area contributed by atoms with E-state index in [9.17, 15) is 0 Å². The molecule has 2 unspecified atom stereocenters. The number of hydrogen-bond acceptors (Lipinski definition) is 3. The molecule has 0 fully saturated rings. The van der Waals surface area contributed by atoms with Crippen molar-refractivity contribution in [3.05, 3.63) is 51.1 Å². The zero-order chi connectivity index (χ0) is 13.0. The largest absolute Gasteiger partial charge is 0.484 e. The van der Waals surface area contributed by atoms with Crippen LogP contribution in [0.25, 0.3) is 0 Å². The molecular weight excluding hydrogens is 310 g/mol. The maximum atomic E-state index is 6.16. The fourth-order valence-corrected chi connectivity index (χ4v) is 2.66. The van der Waals surface area contributed by atoms with Crippen molar-refractivity contribution >= 4 is 27.3 Å². The first-order valence-electron chi connectivity index (χ1n) is 5.90. The smallest absolute Gasteiger partial charge is 0.140 e.